The number of anilines is 1. The molecule has 2 saturated heterocycles. The quantitative estimate of drug-likeness (QED) is 0.698. The van der Waals surface area contributed by atoms with Crippen molar-refractivity contribution in [2.24, 2.45) is 0 Å². The summed E-state index contributed by atoms with van der Waals surface area (Å²) in [5, 5.41) is 5.26. The summed E-state index contributed by atoms with van der Waals surface area (Å²) in [5.41, 5.74) is 1.57. The molecule has 0 bridgehead atoms. The van der Waals surface area contributed by atoms with Gasteiger partial charge in [0.15, 0.2) is 5.13 Å². The molecule has 140 valence electrons. The van der Waals surface area contributed by atoms with E-state index in [1.165, 1.54) is 49.5 Å². The molecule has 0 aliphatic carbocycles. The highest BCUT2D eigenvalue weighted by molar-refractivity contribution is 7.22. The number of aromatic nitrogens is 3. The van der Waals surface area contributed by atoms with Crippen molar-refractivity contribution in [3.8, 4) is 5.69 Å². The fourth-order valence-electron chi connectivity index (χ4n) is 4.22. The van der Waals surface area contributed by atoms with Crippen molar-refractivity contribution in [3.05, 3.63) is 46.9 Å². The fraction of sp³-hybridized carbons (Fsp3) is 0.450. The Kier molecular flexibility index (Phi) is 4.41. The lowest BCUT2D eigenvalue weighted by molar-refractivity contribution is 0.175. The molecule has 4 heterocycles. The largest absolute Gasteiger partial charge is 0.346 e. The van der Waals surface area contributed by atoms with Gasteiger partial charge in [-0.3, -0.25) is 9.69 Å². The first kappa shape index (κ1) is 16.9. The molecular weight excluding hydrogens is 358 g/mol. The number of rotatable bonds is 3. The Morgan fingerprint density at radius 2 is 1.96 bits per heavy atom. The molecule has 3 aromatic rings. The van der Waals surface area contributed by atoms with E-state index < -0.39 is 0 Å². The van der Waals surface area contributed by atoms with Gasteiger partial charge in [-0.05, 0) is 56.6 Å². The Morgan fingerprint density at radius 1 is 1.07 bits per heavy atom. The Labute approximate surface area is 162 Å². The lowest BCUT2D eigenvalue weighted by atomic mass is 10.1. The van der Waals surface area contributed by atoms with Gasteiger partial charge in [0.1, 0.15) is 0 Å². The fourth-order valence-corrected chi connectivity index (χ4v) is 5.20. The number of hydrogen-bond acceptors (Lipinski definition) is 6. The second-order valence-electron chi connectivity index (χ2n) is 7.41. The summed E-state index contributed by atoms with van der Waals surface area (Å²) in [6.07, 6.45) is 6.92. The monoisotopic (exact) mass is 381 g/mol. The molecule has 2 aliphatic rings. The lowest BCUT2D eigenvalue weighted by Gasteiger charge is -2.32. The first-order valence-electron chi connectivity index (χ1n) is 9.72. The van der Waals surface area contributed by atoms with Crippen LogP contribution >= 0.6 is 11.3 Å². The highest BCUT2D eigenvalue weighted by atomic mass is 32.1. The third kappa shape index (κ3) is 3.26. The van der Waals surface area contributed by atoms with Crippen LogP contribution in [0.5, 0.6) is 0 Å². The zero-order chi connectivity index (χ0) is 18.2. The van der Waals surface area contributed by atoms with Crippen LogP contribution in [0.15, 0.2) is 41.3 Å². The van der Waals surface area contributed by atoms with Gasteiger partial charge in [0, 0.05) is 31.4 Å². The predicted octanol–water partition coefficient (Wildman–Crippen LogP) is 2.91. The molecular formula is C20H23N5OS. The van der Waals surface area contributed by atoms with Crippen LogP contribution in [0, 0.1) is 0 Å². The van der Waals surface area contributed by atoms with Crippen molar-refractivity contribution in [2.45, 2.75) is 31.7 Å². The highest BCUT2D eigenvalue weighted by Crippen LogP contribution is 2.33. The summed E-state index contributed by atoms with van der Waals surface area (Å²) in [4.78, 5) is 22.0. The summed E-state index contributed by atoms with van der Waals surface area (Å²) in [7, 11) is 0. The summed E-state index contributed by atoms with van der Waals surface area (Å²) >= 11 is 1.74. The van der Waals surface area contributed by atoms with Gasteiger partial charge in [0.05, 0.1) is 15.9 Å². The molecule has 6 nitrogen and oxygen atoms in total. The van der Waals surface area contributed by atoms with Crippen molar-refractivity contribution in [1.29, 1.82) is 0 Å². The van der Waals surface area contributed by atoms with Crippen LogP contribution in [-0.2, 0) is 0 Å². The van der Waals surface area contributed by atoms with E-state index in [2.05, 4.69) is 14.9 Å². The number of likely N-dealkylation sites (tertiary alicyclic amines) is 1. The van der Waals surface area contributed by atoms with Crippen LogP contribution < -0.4 is 10.5 Å². The highest BCUT2D eigenvalue weighted by Gasteiger charge is 2.29. The minimum Gasteiger partial charge on any atom is -0.346 e. The van der Waals surface area contributed by atoms with Gasteiger partial charge in [-0.25, -0.2) is 4.98 Å². The third-order valence-corrected chi connectivity index (χ3v) is 6.76. The van der Waals surface area contributed by atoms with E-state index >= 15 is 0 Å². The lowest BCUT2D eigenvalue weighted by Crippen LogP contribution is -2.40. The van der Waals surface area contributed by atoms with Gasteiger partial charge in [-0.2, -0.15) is 9.78 Å². The molecule has 0 N–H and O–H groups in total. The molecule has 1 atom stereocenters. The molecule has 7 heteroatoms. The Hall–Kier alpha value is -2.25. The average molecular weight is 382 g/mol. The minimum absolute atomic E-state index is 0.129. The van der Waals surface area contributed by atoms with Crippen molar-refractivity contribution in [3.63, 3.8) is 0 Å². The average Bonchev–Trinajstić information content (AvgIpc) is 3.35. The molecule has 2 aromatic heterocycles. The van der Waals surface area contributed by atoms with Gasteiger partial charge in [-0.1, -0.05) is 17.8 Å². The maximum Gasteiger partial charge on any atom is 0.271 e. The van der Waals surface area contributed by atoms with E-state index in [9.17, 15) is 4.79 Å². The van der Waals surface area contributed by atoms with Crippen LogP contribution in [0.1, 0.15) is 25.7 Å². The van der Waals surface area contributed by atoms with E-state index in [0.29, 0.717) is 6.04 Å². The van der Waals surface area contributed by atoms with E-state index in [0.717, 1.165) is 34.1 Å². The molecule has 1 aromatic carbocycles. The van der Waals surface area contributed by atoms with E-state index in [4.69, 9.17) is 4.98 Å². The minimum atomic E-state index is -0.129. The van der Waals surface area contributed by atoms with E-state index in [-0.39, 0.29) is 5.56 Å². The molecule has 0 radical (unpaired) electrons. The molecule has 2 fully saturated rings. The standard InChI is InChI=1S/C20H23N5OS/c26-19-5-4-9-21-25(19)15-6-7-18-17(13-15)22-20(27-18)24-12-8-16(14-24)23-10-2-1-3-11-23/h4-7,9,13,16H,1-3,8,10-12,14H2/t16-/m1/s1. The number of thiazole rings is 1. The van der Waals surface area contributed by atoms with Crippen molar-refractivity contribution < 1.29 is 0 Å². The normalized spacial score (nSPS) is 21.2. The number of nitrogens with zero attached hydrogens (tertiary/aromatic N) is 5. The van der Waals surface area contributed by atoms with Gasteiger partial charge in [0.25, 0.3) is 5.56 Å². The maximum absolute atomic E-state index is 12.0. The molecule has 0 unspecified atom stereocenters. The summed E-state index contributed by atoms with van der Waals surface area (Å²) < 4.78 is 2.57. The van der Waals surface area contributed by atoms with Crippen molar-refractivity contribution >= 4 is 26.7 Å². The van der Waals surface area contributed by atoms with E-state index in [1.807, 2.05) is 18.2 Å². The SMILES string of the molecule is O=c1cccnn1-c1ccc2sc(N3CC[C@@H](N4CCCCC4)C3)nc2c1. The van der Waals surface area contributed by atoms with Gasteiger partial charge >= 0.3 is 0 Å². The van der Waals surface area contributed by atoms with Crippen molar-refractivity contribution in [2.75, 3.05) is 31.1 Å². The van der Waals surface area contributed by atoms with Crippen LogP contribution in [0.4, 0.5) is 5.13 Å². The summed E-state index contributed by atoms with van der Waals surface area (Å²) in [6, 6.07) is 9.80. The van der Waals surface area contributed by atoms with Crippen LogP contribution in [-0.4, -0.2) is 51.9 Å². The van der Waals surface area contributed by atoms with Crippen molar-refractivity contribution in [1.82, 2.24) is 19.7 Å². The summed E-state index contributed by atoms with van der Waals surface area (Å²) in [6.45, 7) is 4.65. The zero-order valence-electron chi connectivity index (χ0n) is 15.3. The predicted molar refractivity (Wildman–Crippen MR) is 109 cm³/mol. The second kappa shape index (κ2) is 7.05. The molecule has 2 aliphatic heterocycles. The Balaban J connectivity index is 1.39. The summed E-state index contributed by atoms with van der Waals surface area (Å²) in [5.74, 6) is 0. The van der Waals surface area contributed by atoms with Crippen LogP contribution in [0.25, 0.3) is 15.9 Å². The Bertz CT molecular complexity index is 1010. The molecule has 0 spiro atoms. The molecule has 0 amide bonds. The van der Waals surface area contributed by atoms with Gasteiger partial charge < -0.3 is 4.90 Å². The second-order valence-corrected chi connectivity index (χ2v) is 8.42. The Morgan fingerprint density at radius 3 is 2.81 bits per heavy atom. The topological polar surface area (TPSA) is 54.3 Å². The third-order valence-electron chi connectivity index (χ3n) is 5.66. The number of fused-ring (bicyclic) bond motifs is 1. The van der Waals surface area contributed by atoms with Gasteiger partial charge in [-0.15, -0.1) is 0 Å². The number of benzene rings is 1. The molecule has 5 rings (SSSR count). The van der Waals surface area contributed by atoms with Crippen LogP contribution in [0.2, 0.25) is 0 Å². The van der Waals surface area contributed by atoms with Gasteiger partial charge in [0.2, 0.25) is 0 Å². The van der Waals surface area contributed by atoms with E-state index in [1.54, 1.807) is 23.6 Å². The van der Waals surface area contributed by atoms with Crippen LogP contribution in [0.3, 0.4) is 0 Å². The first-order valence-corrected chi connectivity index (χ1v) is 10.5. The zero-order valence-corrected chi connectivity index (χ0v) is 16.1. The number of piperidine rings is 1. The maximum atomic E-state index is 12.0. The molecule has 0 saturated carbocycles. The first-order chi connectivity index (χ1) is 13.3. The molecule has 27 heavy (non-hydrogen) atoms. The smallest absolute Gasteiger partial charge is 0.271 e. The number of hydrogen-bond donors (Lipinski definition) is 0.